The fourth-order valence-corrected chi connectivity index (χ4v) is 1.81. The largest absolute Gasteiger partial charge is 0.479 e. The second kappa shape index (κ2) is 7.79. The number of aliphatic carboxylic acids is 2. The van der Waals surface area contributed by atoms with Gasteiger partial charge in [0.15, 0.2) is 0 Å². The minimum absolute atomic E-state index is 0.283. The van der Waals surface area contributed by atoms with Crippen molar-refractivity contribution in [1.82, 2.24) is 0 Å². The number of carboxylic acid groups (broad SMARTS) is 2. The van der Waals surface area contributed by atoms with Crippen LogP contribution < -0.4 is 5.73 Å². The molecule has 0 aliphatic heterocycles. The molecule has 0 spiro atoms. The maximum Gasteiger partial charge on any atom is 0.348 e. The maximum atomic E-state index is 11.5. The first-order valence-electron chi connectivity index (χ1n) is 7.08. The lowest BCUT2D eigenvalue weighted by atomic mass is 9.93. The Kier molecular flexibility index (Phi) is 7.06. The van der Waals surface area contributed by atoms with Crippen molar-refractivity contribution >= 4 is 17.6 Å². The highest BCUT2D eigenvalue weighted by atomic mass is 16.6. The van der Waals surface area contributed by atoms with Crippen molar-refractivity contribution < 1.29 is 24.5 Å². The molecular weight excluding hydrogens is 286 g/mol. The molecule has 0 fully saturated rings. The van der Waals surface area contributed by atoms with Crippen LogP contribution in [0.3, 0.4) is 0 Å². The van der Waals surface area contributed by atoms with E-state index in [4.69, 9.17) is 10.5 Å². The summed E-state index contributed by atoms with van der Waals surface area (Å²) in [7, 11) is 0. The Labute approximate surface area is 130 Å². The smallest absolute Gasteiger partial charge is 0.348 e. The molecule has 0 saturated carbocycles. The van der Waals surface area contributed by atoms with Crippen LogP contribution in [0.25, 0.3) is 0 Å². The van der Waals surface area contributed by atoms with Crippen LogP contribution in [0.2, 0.25) is 0 Å². The molecule has 0 aliphatic carbocycles. The van der Waals surface area contributed by atoms with E-state index < -0.39 is 23.1 Å². The van der Waals surface area contributed by atoms with Crippen LogP contribution >= 0.6 is 0 Å². The Balaban J connectivity index is 0.00000211. The minimum Gasteiger partial charge on any atom is -0.479 e. The van der Waals surface area contributed by atoms with Gasteiger partial charge in [-0.1, -0.05) is 26.0 Å². The summed E-state index contributed by atoms with van der Waals surface area (Å²) in [4.78, 5) is 23.0. The zero-order valence-corrected chi connectivity index (χ0v) is 13.7. The van der Waals surface area contributed by atoms with E-state index in [2.05, 4.69) is 0 Å². The van der Waals surface area contributed by atoms with E-state index in [0.29, 0.717) is 11.3 Å². The lowest BCUT2D eigenvalue weighted by Gasteiger charge is -2.32. The standard InChI is InChI=1S/C14H19NO5.C2H6/c1-13(2,3)20-14(11(16)17,12(18)19)8-9-4-6-10(15)7-5-9;1-2/h4-7H,8,15H2,1-3H3,(H,16,17)(H,18,19);1-2H3. The van der Waals surface area contributed by atoms with Gasteiger partial charge in [-0.15, -0.1) is 0 Å². The summed E-state index contributed by atoms with van der Waals surface area (Å²) in [6.45, 7) is 8.82. The van der Waals surface area contributed by atoms with Gasteiger partial charge in [-0.05, 0) is 38.5 Å². The molecule has 4 N–H and O–H groups in total. The molecule has 124 valence electrons. The third-order valence-corrected chi connectivity index (χ3v) is 2.60. The summed E-state index contributed by atoms with van der Waals surface area (Å²) < 4.78 is 5.35. The third kappa shape index (κ3) is 5.37. The molecule has 6 heteroatoms. The van der Waals surface area contributed by atoms with Crippen molar-refractivity contribution in [3.05, 3.63) is 29.8 Å². The van der Waals surface area contributed by atoms with Crippen LogP contribution in [0.1, 0.15) is 40.2 Å². The molecule has 6 nitrogen and oxygen atoms in total. The predicted octanol–water partition coefficient (Wildman–Crippen LogP) is 2.56. The molecule has 0 aliphatic rings. The zero-order chi connectivity index (χ0) is 17.6. The van der Waals surface area contributed by atoms with Gasteiger partial charge in [0.2, 0.25) is 0 Å². The van der Waals surface area contributed by atoms with Crippen LogP contribution in [0, 0.1) is 0 Å². The maximum absolute atomic E-state index is 11.5. The third-order valence-electron chi connectivity index (χ3n) is 2.60. The van der Waals surface area contributed by atoms with Crippen molar-refractivity contribution in [3.8, 4) is 0 Å². The van der Waals surface area contributed by atoms with Crippen molar-refractivity contribution in [2.24, 2.45) is 0 Å². The van der Waals surface area contributed by atoms with E-state index in [1.54, 1.807) is 45.0 Å². The number of carbonyl (C=O) groups is 2. The number of hydrogen-bond donors (Lipinski definition) is 3. The first-order chi connectivity index (χ1) is 10.1. The second-order valence-electron chi connectivity index (χ2n) is 5.57. The first kappa shape index (κ1) is 19.9. The average Bonchev–Trinajstić information content (AvgIpc) is 2.40. The molecule has 0 radical (unpaired) electrons. The van der Waals surface area contributed by atoms with Crippen LogP contribution in [-0.4, -0.2) is 33.4 Å². The summed E-state index contributed by atoms with van der Waals surface area (Å²) in [5.74, 6) is -3.06. The van der Waals surface area contributed by atoms with Gasteiger partial charge < -0.3 is 20.7 Å². The topological polar surface area (TPSA) is 110 Å². The van der Waals surface area contributed by atoms with Crippen molar-refractivity contribution in [2.75, 3.05) is 5.73 Å². The summed E-state index contributed by atoms with van der Waals surface area (Å²) in [5.41, 5.74) is 3.35. The van der Waals surface area contributed by atoms with Gasteiger partial charge in [-0.2, -0.15) is 0 Å². The van der Waals surface area contributed by atoms with E-state index in [1.165, 1.54) is 0 Å². The number of carboxylic acids is 2. The number of ether oxygens (including phenoxy) is 1. The fraction of sp³-hybridized carbons (Fsp3) is 0.500. The summed E-state index contributed by atoms with van der Waals surface area (Å²) >= 11 is 0. The molecule has 0 aromatic heterocycles. The van der Waals surface area contributed by atoms with E-state index in [9.17, 15) is 19.8 Å². The normalized spacial score (nSPS) is 11.3. The molecule has 0 heterocycles. The van der Waals surface area contributed by atoms with Crippen LogP contribution in [-0.2, 0) is 20.7 Å². The fourth-order valence-electron chi connectivity index (χ4n) is 1.81. The monoisotopic (exact) mass is 311 g/mol. The highest BCUT2D eigenvalue weighted by Crippen LogP contribution is 2.26. The molecule has 1 rings (SSSR count). The Morgan fingerprint density at radius 2 is 1.45 bits per heavy atom. The van der Waals surface area contributed by atoms with Gasteiger partial charge in [0.1, 0.15) is 0 Å². The summed E-state index contributed by atoms with van der Waals surface area (Å²) in [5, 5.41) is 18.7. The molecule has 1 aromatic carbocycles. The Bertz CT molecular complexity index is 488. The lowest BCUT2D eigenvalue weighted by molar-refractivity contribution is -0.199. The number of hydrogen-bond acceptors (Lipinski definition) is 4. The molecule has 0 atom stereocenters. The van der Waals surface area contributed by atoms with Gasteiger partial charge in [-0.3, -0.25) is 0 Å². The van der Waals surface area contributed by atoms with Gasteiger partial charge in [0.05, 0.1) is 5.60 Å². The quantitative estimate of drug-likeness (QED) is 0.569. The average molecular weight is 311 g/mol. The lowest BCUT2D eigenvalue weighted by Crippen LogP contribution is -2.54. The Morgan fingerprint density at radius 3 is 1.77 bits per heavy atom. The number of benzene rings is 1. The first-order valence-corrected chi connectivity index (χ1v) is 7.08. The Morgan fingerprint density at radius 1 is 1.05 bits per heavy atom. The van der Waals surface area contributed by atoms with Gasteiger partial charge in [0, 0.05) is 12.1 Å². The van der Waals surface area contributed by atoms with Gasteiger partial charge in [0.25, 0.3) is 5.60 Å². The highest BCUT2D eigenvalue weighted by Gasteiger charge is 2.50. The highest BCUT2D eigenvalue weighted by molar-refractivity contribution is 6.02. The van der Waals surface area contributed by atoms with Crippen LogP contribution in [0.4, 0.5) is 5.69 Å². The number of anilines is 1. The van der Waals surface area contributed by atoms with Gasteiger partial charge in [-0.25, -0.2) is 9.59 Å². The molecule has 0 saturated heterocycles. The predicted molar refractivity (Wildman–Crippen MR) is 84.7 cm³/mol. The van der Waals surface area contributed by atoms with Crippen molar-refractivity contribution in [2.45, 2.75) is 52.2 Å². The van der Waals surface area contributed by atoms with E-state index in [-0.39, 0.29) is 6.42 Å². The van der Waals surface area contributed by atoms with E-state index >= 15 is 0 Å². The number of nitrogens with two attached hydrogens (primary N) is 1. The van der Waals surface area contributed by atoms with Crippen molar-refractivity contribution in [3.63, 3.8) is 0 Å². The molecule has 22 heavy (non-hydrogen) atoms. The second-order valence-corrected chi connectivity index (χ2v) is 5.57. The van der Waals surface area contributed by atoms with E-state index in [1.807, 2.05) is 13.8 Å². The minimum atomic E-state index is -2.33. The summed E-state index contributed by atoms with van der Waals surface area (Å²) in [6, 6.07) is 6.34. The van der Waals surface area contributed by atoms with Gasteiger partial charge >= 0.3 is 11.9 Å². The van der Waals surface area contributed by atoms with Crippen molar-refractivity contribution in [1.29, 1.82) is 0 Å². The Hall–Kier alpha value is -2.08. The molecule has 0 unspecified atom stereocenters. The van der Waals surface area contributed by atoms with Crippen LogP contribution in [0.15, 0.2) is 24.3 Å². The number of rotatable bonds is 5. The molecule has 1 aromatic rings. The number of nitrogen functional groups attached to an aromatic ring is 1. The van der Waals surface area contributed by atoms with Crippen LogP contribution in [0.5, 0.6) is 0 Å². The SMILES string of the molecule is CC.CC(C)(C)OC(Cc1ccc(N)cc1)(C(=O)O)C(=O)O. The summed E-state index contributed by atoms with van der Waals surface area (Å²) in [6.07, 6.45) is -0.283. The molecular formula is C16H25NO5. The molecule has 0 bridgehead atoms. The molecule has 0 amide bonds. The zero-order valence-electron chi connectivity index (χ0n) is 13.7. The van der Waals surface area contributed by atoms with E-state index in [0.717, 1.165) is 0 Å².